The molecule has 0 saturated heterocycles. The third-order valence-electron chi connectivity index (χ3n) is 2.40. The molecule has 0 bridgehead atoms. The van der Waals surface area contributed by atoms with E-state index in [-0.39, 0.29) is 11.7 Å². The van der Waals surface area contributed by atoms with Gasteiger partial charge in [0.25, 0.3) is 0 Å². The first-order valence-electron chi connectivity index (χ1n) is 6.76. The summed E-state index contributed by atoms with van der Waals surface area (Å²) in [4.78, 5) is 11.7. The highest BCUT2D eigenvalue weighted by Gasteiger charge is 2.11. The second-order valence-electron chi connectivity index (χ2n) is 3.54. The van der Waals surface area contributed by atoms with Crippen molar-refractivity contribution in [3.63, 3.8) is 0 Å². The Labute approximate surface area is 107 Å². The quantitative estimate of drug-likeness (QED) is 0.653. The number of Topliss-reactive ketones (excluding diaryl/α,β-unsaturated/α-hetero) is 1. The Balaban J connectivity index is 0. The van der Waals surface area contributed by atoms with Gasteiger partial charge in [-0.3, -0.25) is 4.79 Å². The second kappa shape index (κ2) is 11.4. The average molecular weight is 236 g/mol. The zero-order chi connectivity index (χ0) is 13.8. The molecule has 1 nitrogen and oxygen atoms in total. The van der Waals surface area contributed by atoms with Crippen LogP contribution in [0.5, 0.6) is 0 Å². The molecule has 1 unspecified atom stereocenters. The number of carbonyl (C=O) groups is 1. The summed E-state index contributed by atoms with van der Waals surface area (Å²) >= 11 is 0. The maximum absolute atomic E-state index is 11.7. The number of aryl methyl sites for hydroxylation is 1. The molecule has 1 aromatic carbocycles. The Hall–Kier alpha value is -1.11. The molecule has 0 aliphatic rings. The molecule has 1 aromatic rings. The van der Waals surface area contributed by atoms with Crippen LogP contribution in [-0.2, 0) is 0 Å². The molecule has 98 valence electrons. The van der Waals surface area contributed by atoms with Crippen LogP contribution in [0.2, 0.25) is 0 Å². The molecule has 0 amide bonds. The van der Waals surface area contributed by atoms with Crippen LogP contribution in [0.3, 0.4) is 0 Å². The van der Waals surface area contributed by atoms with Gasteiger partial charge in [0.05, 0.1) is 0 Å². The third kappa shape index (κ3) is 6.93. The Morgan fingerprint density at radius 1 is 1.06 bits per heavy atom. The van der Waals surface area contributed by atoms with E-state index in [0.717, 1.165) is 12.0 Å². The lowest BCUT2D eigenvalue weighted by Gasteiger charge is -2.06. The number of carbonyl (C=O) groups excluding carboxylic acids is 1. The lowest BCUT2D eigenvalue weighted by atomic mass is 9.97. The van der Waals surface area contributed by atoms with E-state index in [1.807, 2.05) is 72.7 Å². The third-order valence-corrected chi connectivity index (χ3v) is 2.40. The topological polar surface area (TPSA) is 17.1 Å². The SMILES string of the molecule is CC.CC.CCC(C)C(=O)c1ccc(C)cc1. The van der Waals surface area contributed by atoms with Gasteiger partial charge in [0, 0.05) is 11.5 Å². The molecule has 0 spiro atoms. The van der Waals surface area contributed by atoms with Gasteiger partial charge in [-0.15, -0.1) is 0 Å². The molecule has 17 heavy (non-hydrogen) atoms. The number of hydrogen-bond acceptors (Lipinski definition) is 1. The molecular weight excluding hydrogens is 208 g/mol. The Bertz CT molecular complexity index is 285. The van der Waals surface area contributed by atoms with Gasteiger partial charge in [0.1, 0.15) is 0 Å². The van der Waals surface area contributed by atoms with Crippen LogP contribution in [0, 0.1) is 12.8 Å². The summed E-state index contributed by atoms with van der Waals surface area (Å²) in [6.45, 7) is 14.0. The summed E-state index contributed by atoms with van der Waals surface area (Å²) in [5.41, 5.74) is 2.03. The summed E-state index contributed by atoms with van der Waals surface area (Å²) in [7, 11) is 0. The van der Waals surface area contributed by atoms with Crippen LogP contribution in [0.15, 0.2) is 24.3 Å². The van der Waals surface area contributed by atoms with E-state index in [1.54, 1.807) is 0 Å². The van der Waals surface area contributed by atoms with Gasteiger partial charge in [-0.1, -0.05) is 71.4 Å². The Morgan fingerprint density at radius 3 is 1.82 bits per heavy atom. The van der Waals surface area contributed by atoms with E-state index < -0.39 is 0 Å². The molecule has 0 saturated carbocycles. The predicted octanol–water partition coefficient (Wildman–Crippen LogP) is 5.28. The van der Waals surface area contributed by atoms with Crippen molar-refractivity contribution < 1.29 is 4.79 Å². The normalized spacial score (nSPS) is 10.3. The smallest absolute Gasteiger partial charge is 0.165 e. The minimum Gasteiger partial charge on any atom is -0.294 e. The zero-order valence-electron chi connectivity index (χ0n) is 12.5. The first kappa shape index (κ1) is 18.3. The molecule has 0 N–H and O–H groups in total. The molecule has 0 aliphatic carbocycles. The first-order chi connectivity index (χ1) is 8.15. The fourth-order valence-corrected chi connectivity index (χ4v) is 1.19. The summed E-state index contributed by atoms with van der Waals surface area (Å²) < 4.78 is 0. The fourth-order valence-electron chi connectivity index (χ4n) is 1.19. The standard InChI is InChI=1S/C12H16O.2C2H6/c1-4-10(3)12(13)11-7-5-9(2)6-8-11;2*1-2/h5-8,10H,4H2,1-3H3;2*1-2H3. The van der Waals surface area contributed by atoms with Crippen molar-refractivity contribution >= 4 is 5.78 Å². The molecule has 0 fully saturated rings. The number of ketones is 1. The number of rotatable bonds is 3. The summed E-state index contributed by atoms with van der Waals surface area (Å²) in [5, 5.41) is 0. The van der Waals surface area contributed by atoms with Gasteiger partial charge in [-0.25, -0.2) is 0 Å². The fraction of sp³-hybridized carbons (Fsp3) is 0.562. The Kier molecular flexibility index (Phi) is 12.2. The first-order valence-corrected chi connectivity index (χ1v) is 6.76. The number of benzene rings is 1. The van der Waals surface area contributed by atoms with Gasteiger partial charge in [0.2, 0.25) is 0 Å². The van der Waals surface area contributed by atoms with Crippen molar-refractivity contribution in [2.45, 2.75) is 54.9 Å². The van der Waals surface area contributed by atoms with Crippen molar-refractivity contribution in [1.29, 1.82) is 0 Å². The highest BCUT2D eigenvalue weighted by atomic mass is 16.1. The molecule has 0 aliphatic heterocycles. The highest BCUT2D eigenvalue weighted by molar-refractivity contribution is 5.97. The second-order valence-corrected chi connectivity index (χ2v) is 3.54. The van der Waals surface area contributed by atoms with Gasteiger partial charge in [0.15, 0.2) is 5.78 Å². The summed E-state index contributed by atoms with van der Waals surface area (Å²) in [6.07, 6.45) is 0.909. The molecule has 1 atom stereocenters. The zero-order valence-corrected chi connectivity index (χ0v) is 12.5. The maximum Gasteiger partial charge on any atom is 0.165 e. The van der Waals surface area contributed by atoms with E-state index in [4.69, 9.17) is 0 Å². The van der Waals surface area contributed by atoms with Gasteiger partial charge in [-0.05, 0) is 13.3 Å². The largest absolute Gasteiger partial charge is 0.294 e. The van der Waals surface area contributed by atoms with Crippen molar-refractivity contribution in [1.82, 2.24) is 0 Å². The predicted molar refractivity (Wildman–Crippen MR) is 77.7 cm³/mol. The van der Waals surface area contributed by atoms with E-state index in [9.17, 15) is 4.79 Å². The molecule has 1 heteroatoms. The van der Waals surface area contributed by atoms with Crippen molar-refractivity contribution in [3.8, 4) is 0 Å². The van der Waals surface area contributed by atoms with Gasteiger partial charge < -0.3 is 0 Å². The maximum atomic E-state index is 11.7. The van der Waals surface area contributed by atoms with Crippen LogP contribution in [0.25, 0.3) is 0 Å². The minimum atomic E-state index is 0.141. The molecule has 0 aromatic heterocycles. The molecule has 1 rings (SSSR count). The van der Waals surface area contributed by atoms with E-state index >= 15 is 0 Å². The highest BCUT2D eigenvalue weighted by Crippen LogP contribution is 2.12. The Morgan fingerprint density at radius 2 is 1.47 bits per heavy atom. The molecule has 0 radical (unpaired) electrons. The van der Waals surface area contributed by atoms with E-state index in [0.29, 0.717) is 0 Å². The average Bonchev–Trinajstić information content (AvgIpc) is 2.42. The lowest BCUT2D eigenvalue weighted by Crippen LogP contribution is -2.09. The van der Waals surface area contributed by atoms with Crippen LogP contribution < -0.4 is 0 Å². The van der Waals surface area contributed by atoms with Crippen molar-refractivity contribution in [2.24, 2.45) is 5.92 Å². The molecule has 0 heterocycles. The lowest BCUT2D eigenvalue weighted by molar-refractivity contribution is 0.0927. The monoisotopic (exact) mass is 236 g/mol. The summed E-state index contributed by atoms with van der Waals surface area (Å²) in [6, 6.07) is 7.78. The van der Waals surface area contributed by atoms with Crippen LogP contribution in [0.1, 0.15) is 63.9 Å². The van der Waals surface area contributed by atoms with Gasteiger partial charge in [-0.2, -0.15) is 0 Å². The van der Waals surface area contributed by atoms with Crippen molar-refractivity contribution in [3.05, 3.63) is 35.4 Å². The van der Waals surface area contributed by atoms with Crippen LogP contribution in [-0.4, -0.2) is 5.78 Å². The number of hydrogen-bond donors (Lipinski definition) is 0. The van der Waals surface area contributed by atoms with Gasteiger partial charge >= 0.3 is 0 Å². The summed E-state index contributed by atoms with van der Waals surface area (Å²) in [5.74, 6) is 0.394. The van der Waals surface area contributed by atoms with E-state index in [1.165, 1.54) is 5.56 Å². The minimum absolute atomic E-state index is 0.141. The molecular formula is C16H28O. The van der Waals surface area contributed by atoms with E-state index in [2.05, 4.69) is 0 Å². The van der Waals surface area contributed by atoms with Crippen LogP contribution in [0.4, 0.5) is 0 Å². The van der Waals surface area contributed by atoms with Crippen LogP contribution >= 0.6 is 0 Å². The van der Waals surface area contributed by atoms with Crippen molar-refractivity contribution in [2.75, 3.05) is 0 Å².